The van der Waals surface area contributed by atoms with Crippen molar-refractivity contribution >= 4 is 23.3 Å². The zero-order valence-corrected chi connectivity index (χ0v) is 10.1. The quantitative estimate of drug-likeness (QED) is 0.736. The number of tetrazole rings is 1. The number of aromatic amines is 1. The van der Waals surface area contributed by atoms with Crippen LogP contribution in [0.25, 0.3) is 0 Å². The molecule has 4 N–H and O–H groups in total. The van der Waals surface area contributed by atoms with Gasteiger partial charge in [-0.1, -0.05) is 16.8 Å². The molecule has 1 amide bonds. The second-order valence-electron chi connectivity index (χ2n) is 3.56. The fraction of sp³-hybridized carbons (Fsp3) is 0.222. The highest BCUT2D eigenvalue weighted by Crippen LogP contribution is 2.17. The van der Waals surface area contributed by atoms with Crippen molar-refractivity contribution in [2.75, 3.05) is 5.73 Å². The number of hydrogen-bond donors (Lipinski definition) is 3. The van der Waals surface area contributed by atoms with E-state index in [1.165, 1.54) is 12.3 Å². The van der Waals surface area contributed by atoms with Crippen molar-refractivity contribution < 1.29 is 4.79 Å². The second-order valence-corrected chi connectivity index (χ2v) is 3.96. The van der Waals surface area contributed by atoms with Gasteiger partial charge in [-0.05, 0) is 13.0 Å². The van der Waals surface area contributed by atoms with Gasteiger partial charge in [-0.3, -0.25) is 4.79 Å². The average molecular weight is 268 g/mol. The van der Waals surface area contributed by atoms with Gasteiger partial charge >= 0.3 is 0 Å². The van der Waals surface area contributed by atoms with Crippen LogP contribution >= 0.6 is 11.6 Å². The molecule has 8 nitrogen and oxygen atoms in total. The molecule has 94 valence electrons. The SMILES string of the molecule is CC(NC(=O)c1cnc(N)c(Cl)c1)c1nn[nH]n1. The van der Waals surface area contributed by atoms with Gasteiger partial charge in [0.15, 0.2) is 5.82 Å². The van der Waals surface area contributed by atoms with Gasteiger partial charge < -0.3 is 11.1 Å². The van der Waals surface area contributed by atoms with Crippen LogP contribution in [-0.2, 0) is 0 Å². The zero-order chi connectivity index (χ0) is 13.1. The molecule has 0 spiro atoms. The Morgan fingerprint density at radius 2 is 2.39 bits per heavy atom. The van der Waals surface area contributed by atoms with Crippen molar-refractivity contribution in [3.05, 3.63) is 28.7 Å². The van der Waals surface area contributed by atoms with Gasteiger partial charge in [-0.15, -0.1) is 10.2 Å². The van der Waals surface area contributed by atoms with E-state index in [1.807, 2.05) is 0 Å². The van der Waals surface area contributed by atoms with E-state index in [0.717, 1.165) is 0 Å². The summed E-state index contributed by atoms with van der Waals surface area (Å²) < 4.78 is 0. The van der Waals surface area contributed by atoms with Crippen molar-refractivity contribution in [1.82, 2.24) is 30.9 Å². The fourth-order valence-electron chi connectivity index (χ4n) is 1.27. The van der Waals surface area contributed by atoms with Gasteiger partial charge in [0, 0.05) is 6.20 Å². The van der Waals surface area contributed by atoms with Crippen LogP contribution in [0.5, 0.6) is 0 Å². The Kier molecular flexibility index (Phi) is 3.38. The monoisotopic (exact) mass is 267 g/mol. The first-order chi connectivity index (χ1) is 8.58. The van der Waals surface area contributed by atoms with E-state index in [-0.39, 0.29) is 22.8 Å². The van der Waals surface area contributed by atoms with E-state index < -0.39 is 0 Å². The minimum absolute atomic E-state index is 0.180. The number of nitrogen functional groups attached to an aromatic ring is 1. The summed E-state index contributed by atoms with van der Waals surface area (Å²) >= 11 is 5.79. The number of carbonyl (C=O) groups excluding carboxylic acids is 1. The molecule has 2 aromatic heterocycles. The summed E-state index contributed by atoms with van der Waals surface area (Å²) in [4.78, 5) is 15.7. The van der Waals surface area contributed by atoms with E-state index >= 15 is 0 Å². The molecule has 18 heavy (non-hydrogen) atoms. The normalized spacial score (nSPS) is 12.1. The lowest BCUT2D eigenvalue weighted by atomic mass is 10.2. The maximum atomic E-state index is 11.9. The molecule has 1 unspecified atom stereocenters. The topological polar surface area (TPSA) is 122 Å². The Balaban J connectivity index is 2.10. The van der Waals surface area contributed by atoms with Crippen LogP contribution in [0.3, 0.4) is 0 Å². The van der Waals surface area contributed by atoms with E-state index in [4.69, 9.17) is 17.3 Å². The summed E-state index contributed by atoms with van der Waals surface area (Å²) in [5, 5.41) is 16.2. The molecule has 0 saturated heterocycles. The van der Waals surface area contributed by atoms with E-state index in [2.05, 4.69) is 30.9 Å². The van der Waals surface area contributed by atoms with Crippen LogP contribution in [0, 0.1) is 0 Å². The Bertz CT molecular complexity index is 556. The van der Waals surface area contributed by atoms with Gasteiger partial charge in [0.1, 0.15) is 5.82 Å². The smallest absolute Gasteiger partial charge is 0.253 e. The lowest BCUT2D eigenvalue weighted by Gasteiger charge is -2.10. The number of aromatic nitrogens is 5. The Hall–Kier alpha value is -2.22. The molecule has 1 atom stereocenters. The highest BCUT2D eigenvalue weighted by atomic mass is 35.5. The molecule has 9 heteroatoms. The number of nitrogens with one attached hydrogen (secondary N) is 2. The largest absolute Gasteiger partial charge is 0.382 e. The van der Waals surface area contributed by atoms with Crippen molar-refractivity contribution in [2.45, 2.75) is 13.0 Å². The van der Waals surface area contributed by atoms with Crippen molar-refractivity contribution in [1.29, 1.82) is 0 Å². The molecule has 2 heterocycles. The number of anilines is 1. The van der Waals surface area contributed by atoms with Crippen LogP contribution in [-0.4, -0.2) is 31.5 Å². The number of pyridine rings is 1. The molecule has 0 radical (unpaired) electrons. The molecule has 0 aliphatic heterocycles. The molecule has 2 aromatic rings. The third-order valence-electron chi connectivity index (χ3n) is 2.23. The minimum atomic E-state index is -0.382. The van der Waals surface area contributed by atoms with Crippen LogP contribution in [0.15, 0.2) is 12.3 Å². The van der Waals surface area contributed by atoms with Crippen LogP contribution in [0.4, 0.5) is 5.82 Å². The molecule has 2 rings (SSSR count). The lowest BCUT2D eigenvalue weighted by molar-refractivity contribution is 0.0938. The Morgan fingerprint density at radius 1 is 1.61 bits per heavy atom. The first kappa shape index (κ1) is 12.2. The van der Waals surface area contributed by atoms with Crippen LogP contribution < -0.4 is 11.1 Å². The van der Waals surface area contributed by atoms with Gasteiger partial charge in [-0.25, -0.2) is 4.98 Å². The summed E-state index contributed by atoms with van der Waals surface area (Å²) in [6.07, 6.45) is 1.35. The molecular weight excluding hydrogens is 258 g/mol. The van der Waals surface area contributed by atoms with Gasteiger partial charge in [0.25, 0.3) is 5.91 Å². The predicted molar refractivity (Wildman–Crippen MR) is 63.7 cm³/mol. The molecule has 0 bridgehead atoms. The van der Waals surface area contributed by atoms with Crippen LogP contribution in [0.2, 0.25) is 5.02 Å². The number of amides is 1. The summed E-state index contributed by atoms with van der Waals surface area (Å²) in [7, 11) is 0. The fourth-order valence-corrected chi connectivity index (χ4v) is 1.44. The third-order valence-corrected chi connectivity index (χ3v) is 2.53. The van der Waals surface area contributed by atoms with E-state index in [9.17, 15) is 4.79 Å². The Labute approximate surface area is 107 Å². The second kappa shape index (κ2) is 4.96. The molecule has 0 aromatic carbocycles. The molecular formula is C9H10ClN7O. The summed E-state index contributed by atoms with van der Waals surface area (Å²) in [6.45, 7) is 1.73. The van der Waals surface area contributed by atoms with Gasteiger partial charge in [0.05, 0.1) is 16.6 Å². The first-order valence-corrected chi connectivity index (χ1v) is 5.41. The van der Waals surface area contributed by atoms with E-state index in [1.54, 1.807) is 6.92 Å². The third kappa shape index (κ3) is 2.54. The average Bonchev–Trinajstić information content (AvgIpc) is 2.86. The Morgan fingerprint density at radius 3 is 3.00 bits per heavy atom. The highest BCUT2D eigenvalue weighted by Gasteiger charge is 2.15. The number of H-pyrrole nitrogens is 1. The number of hydrogen-bond acceptors (Lipinski definition) is 6. The number of carbonyl (C=O) groups is 1. The number of rotatable bonds is 3. The number of halogens is 1. The number of nitrogens with zero attached hydrogens (tertiary/aromatic N) is 4. The molecule has 0 fully saturated rings. The van der Waals surface area contributed by atoms with Gasteiger partial charge in [0.2, 0.25) is 0 Å². The summed E-state index contributed by atoms with van der Waals surface area (Å²) in [6, 6.07) is 1.06. The maximum Gasteiger partial charge on any atom is 0.253 e. The minimum Gasteiger partial charge on any atom is -0.382 e. The lowest BCUT2D eigenvalue weighted by Crippen LogP contribution is -2.27. The molecule has 0 aliphatic rings. The predicted octanol–water partition coefficient (Wildman–Crippen LogP) is 0.321. The number of nitrogens with two attached hydrogens (primary N) is 1. The van der Waals surface area contributed by atoms with Crippen molar-refractivity contribution in [3.63, 3.8) is 0 Å². The van der Waals surface area contributed by atoms with Crippen molar-refractivity contribution in [3.8, 4) is 0 Å². The molecule has 0 saturated carbocycles. The summed E-state index contributed by atoms with van der Waals surface area (Å²) in [5.74, 6) is 0.221. The van der Waals surface area contributed by atoms with E-state index in [0.29, 0.717) is 11.4 Å². The first-order valence-electron chi connectivity index (χ1n) is 5.03. The maximum absolute atomic E-state index is 11.9. The van der Waals surface area contributed by atoms with Gasteiger partial charge in [-0.2, -0.15) is 5.21 Å². The standard InChI is InChI=1S/C9H10ClN7O/c1-4(8-14-16-17-15-8)13-9(18)5-2-6(10)7(11)12-3-5/h2-4H,1H3,(H2,11,12)(H,13,18)(H,14,15,16,17). The molecule has 0 aliphatic carbocycles. The van der Waals surface area contributed by atoms with Crippen LogP contribution in [0.1, 0.15) is 29.1 Å². The summed E-state index contributed by atoms with van der Waals surface area (Å²) in [5.41, 5.74) is 5.77. The van der Waals surface area contributed by atoms with Crippen molar-refractivity contribution in [2.24, 2.45) is 0 Å². The highest BCUT2D eigenvalue weighted by molar-refractivity contribution is 6.33. The zero-order valence-electron chi connectivity index (χ0n) is 9.38.